The van der Waals surface area contributed by atoms with E-state index in [4.69, 9.17) is 9.47 Å². The number of ether oxygens (including phenoxy) is 2. The van der Waals surface area contributed by atoms with Crippen LogP contribution in [0, 0.1) is 5.92 Å². The molecule has 3 heteroatoms. The van der Waals surface area contributed by atoms with Crippen LogP contribution in [0.2, 0.25) is 0 Å². The Kier molecular flexibility index (Phi) is 7.04. The number of rotatable bonds is 9. The van der Waals surface area contributed by atoms with E-state index in [0.29, 0.717) is 6.61 Å². The highest BCUT2D eigenvalue weighted by atomic mass is 16.5. The molecule has 0 radical (unpaired) electrons. The molecule has 128 valence electrons. The molecule has 0 saturated carbocycles. The molecule has 0 fully saturated rings. The molecule has 0 aliphatic rings. The molecule has 0 saturated heterocycles. The summed E-state index contributed by atoms with van der Waals surface area (Å²) < 4.78 is 11.2. The van der Waals surface area contributed by atoms with E-state index in [0.717, 1.165) is 17.7 Å². The molecule has 2 aromatic rings. The van der Waals surface area contributed by atoms with E-state index >= 15 is 0 Å². The minimum Gasteiger partial charge on any atom is -0.497 e. The van der Waals surface area contributed by atoms with Gasteiger partial charge in [-0.1, -0.05) is 48.5 Å². The smallest absolute Gasteiger partial charge is 0.118 e. The summed E-state index contributed by atoms with van der Waals surface area (Å²) in [5, 5.41) is 10.3. The van der Waals surface area contributed by atoms with Gasteiger partial charge in [0.1, 0.15) is 5.75 Å². The molecule has 3 nitrogen and oxygen atoms in total. The van der Waals surface area contributed by atoms with E-state index in [9.17, 15) is 5.11 Å². The highest BCUT2D eigenvalue weighted by Gasteiger charge is 2.24. The van der Waals surface area contributed by atoms with Gasteiger partial charge in [-0.3, -0.25) is 0 Å². The van der Waals surface area contributed by atoms with Crippen molar-refractivity contribution in [2.45, 2.75) is 32.2 Å². The molecular weight excluding hydrogens is 300 g/mol. The lowest BCUT2D eigenvalue weighted by Crippen LogP contribution is -2.32. The molecule has 0 amide bonds. The zero-order valence-electron chi connectivity index (χ0n) is 14.4. The van der Waals surface area contributed by atoms with Crippen LogP contribution in [0.5, 0.6) is 5.75 Å². The van der Waals surface area contributed by atoms with Gasteiger partial charge in [0.25, 0.3) is 0 Å². The van der Waals surface area contributed by atoms with Gasteiger partial charge in [0.05, 0.1) is 25.9 Å². The second kappa shape index (κ2) is 9.26. The molecule has 24 heavy (non-hydrogen) atoms. The van der Waals surface area contributed by atoms with Gasteiger partial charge in [-0.05, 0) is 36.6 Å². The van der Waals surface area contributed by atoms with Gasteiger partial charge in [0.15, 0.2) is 0 Å². The minimum absolute atomic E-state index is 0.0388. The van der Waals surface area contributed by atoms with Crippen LogP contribution in [0.3, 0.4) is 0 Å². The maximum absolute atomic E-state index is 10.3. The van der Waals surface area contributed by atoms with Crippen molar-refractivity contribution in [3.05, 3.63) is 78.4 Å². The number of hydrogen-bond donors (Lipinski definition) is 1. The highest BCUT2D eigenvalue weighted by molar-refractivity contribution is 5.26. The van der Waals surface area contributed by atoms with Crippen molar-refractivity contribution in [2.75, 3.05) is 7.11 Å². The molecule has 0 aliphatic heterocycles. The molecule has 0 aliphatic carbocycles. The summed E-state index contributed by atoms with van der Waals surface area (Å²) in [6.07, 6.45) is 1.63. The van der Waals surface area contributed by atoms with Crippen molar-refractivity contribution in [1.29, 1.82) is 0 Å². The average Bonchev–Trinajstić information content (AvgIpc) is 2.64. The van der Waals surface area contributed by atoms with Gasteiger partial charge in [-0.15, -0.1) is 6.58 Å². The Morgan fingerprint density at radius 2 is 1.71 bits per heavy atom. The third-order valence-corrected chi connectivity index (χ3v) is 4.27. The van der Waals surface area contributed by atoms with E-state index in [1.807, 2.05) is 49.4 Å². The van der Waals surface area contributed by atoms with Crippen LogP contribution in [0.15, 0.2) is 67.3 Å². The number of benzene rings is 2. The van der Waals surface area contributed by atoms with Crippen LogP contribution in [-0.4, -0.2) is 24.4 Å². The van der Waals surface area contributed by atoms with Crippen molar-refractivity contribution >= 4 is 0 Å². The van der Waals surface area contributed by atoms with E-state index in [1.165, 1.54) is 5.56 Å². The fourth-order valence-electron chi connectivity index (χ4n) is 2.70. The molecule has 0 bridgehead atoms. The predicted molar refractivity (Wildman–Crippen MR) is 97.1 cm³/mol. The first kappa shape index (κ1) is 18.2. The average molecular weight is 326 g/mol. The van der Waals surface area contributed by atoms with Crippen LogP contribution in [0.1, 0.15) is 18.1 Å². The summed E-state index contributed by atoms with van der Waals surface area (Å²) in [5.74, 6) is 0.791. The van der Waals surface area contributed by atoms with E-state index in [2.05, 4.69) is 18.7 Å². The second-order valence-electron chi connectivity index (χ2n) is 5.94. The number of aliphatic hydroxyl groups excluding tert-OH is 1. The normalized spacial score (nSPS) is 14.6. The molecule has 0 aromatic heterocycles. The summed E-state index contributed by atoms with van der Waals surface area (Å²) in [7, 11) is 1.65. The van der Waals surface area contributed by atoms with Crippen molar-refractivity contribution in [2.24, 2.45) is 5.92 Å². The fraction of sp³-hybridized carbons (Fsp3) is 0.333. The Balaban J connectivity index is 1.98. The quantitative estimate of drug-likeness (QED) is 0.708. The molecule has 2 rings (SSSR count). The van der Waals surface area contributed by atoms with Crippen molar-refractivity contribution in [3.63, 3.8) is 0 Å². The molecule has 3 atom stereocenters. The Labute approximate surface area is 144 Å². The SMILES string of the molecule is C=C[C@H](O)C(Cc1ccccc1)C(C)OCc1ccc(OC)cc1. The fourth-order valence-corrected chi connectivity index (χ4v) is 2.70. The first-order valence-electron chi connectivity index (χ1n) is 8.23. The van der Waals surface area contributed by atoms with Gasteiger partial charge in [-0.25, -0.2) is 0 Å². The van der Waals surface area contributed by atoms with E-state index in [-0.39, 0.29) is 12.0 Å². The lowest BCUT2D eigenvalue weighted by Gasteiger charge is -2.27. The maximum Gasteiger partial charge on any atom is 0.118 e. The largest absolute Gasteiger partial charge is 0.497 e. The van der Waals surface area contributed by atoms with Crippen LogP contribution in [-0.2, 0) is 17.8 Å². The number of aliphatic hydroxyl groups is 1. The second-order valence-corrected chi connectivity index (χ2v) is 5.94. The topological polar surface area (TPSA) is 38.7 Å². The summed E-state index contributed by atoms with van der Waals surface area (Å²) in [4.78, 5) is 0. The van der Waals surface area contributed by atoms with Gasteiger partial charge < -0.3 is 14.6 Å². The maximum atomic E-state index is 10.3. The predicted octanol–water partition coefficient (Wildman–Crippen LogP) is 4.01. The minimum atomic E-state index is -0.601. The Morgan fingerprint density at radius 1 is 1.04 bits per heavy atom. The number of hydrogen-bond acceptors (Lipinski definition) is 3. The number of methoxy groups -OCH3 is 1. The van der Waals surface area contributed by atoms with Crippen LogP contribution in [0.4, 0.5) is 0 Å². The molecule has 2 unspecified atom stereocenters. The zero-order chi connectivity index (χ0) is 17.4. The lowest BCUT2D eigenvalue weighted by atomic mass is 9.89. The van der Waals surface area contributed by atoms with Crippen LogP contribution < -0.4 is 4.74 Å². The summed E-state index contributed by atoms with van der Waals surface area (Å²) >= 11 is 0. The summed E-state index contributed by atoms with van der Waals surface area (Å²) in [6, 6.07) is 18.0. The van der Waals surface area contributed by atoms with Gasteiger partial charge in [0.2, 0.25) is 0 Å². The Hall–Kier alpha value is -2.10. The Morgan fingerprint density at radius 3 is 2.29 bits per heavy atom. The first-order valence-corrected chi connectivity index (χ1v) is 8.23. The van der Waals surface area contributed by atoms with E-state index < -0.39 is 6.10 Å². The highest BCUT2D eigenvalue weighted by Crippen LogP contribution is 2.21. The molecule has 0 heterocycles. The third-order valence-electron chi connectivity index (χ3n) is 4.27. The Bertz CT molecular complexity index is 607. The molecule has 1 N–H and O–H groups in total. The molecular formula is C21H26O3. The lowest BCUT2D eigenvalue weighted by molar-refractivity contribution is -0.0218. The van der Waals surface area contributed by atoms with E-state index in [1.54, 1.807) is 13.2 Å². The van der Waals surface area contributed by atoms with Crippen LogP contribution >= 0.6 is 0 Å². The molecule has 2 aromatic carbocycles. The van der Waals surface area contributed by atoms with Crippen molar-refractivity contribution in [3.8, 4) is 5.75 Å². The summed E-state index contributed by atoms with van der Waals surface area (Å²) in [6.45, 7) is 6.23. The monoisotopic (exact) mass is 326 g/mol. The first-order chi connectivity index (χ1) is 11.6. The van der Waals surface area contributed by atoms with Crippen LogP contribution in [0.25, 0.3) is 0 Å². The third kappa shape index (κ3) is 5.22. The van der Waals surface area contributed by atoms with Gasteiger partial charge in [-0.2, -0.15) is 0 Å². The standard InChI is InChI=1S/C21H26O3/c1-4-21(22)20(14-17-8-6-5-7-9-17)16(2)24-15-18-10-12-19(23-3)13-11-18/h4-13,16,20-22H,1,14-15H2,2-3H3/t16?,20?,21-/m0/s1. The van der Waals surface area contributed by atoms with Gasteiger partial charge in [0, 0.05) is 5.92 Å². The summed E-state index contributed by atoms with van der Waals surface area (Å²) in [5.41, 5.74) is 2.26. The van der Waals surface area contributed by atoms with Crippen molar-refractivity contribution in [1.82, 2.24) is 0 Å². The zero-order valence-corrected chi connectivity index (χ0v) is 14.4. The van der Waals surface area contributed by atoms with Gasteiger partial charge >= 0.3 is 0 Å². The van der Waals surface area contributed by atoms with Crippen molar-refractivity contribution < 1.29 is 14.6 Å². The molecule has 0 spiro atoms.